The van der Waals surface area contributed by atoms with E-state index >= 15 is 0 Å². The molecule has 25 heavy (non-hydrogen) atoms. The van der Waals surface area contributed by atoms with Crippen molar-refractivity contribution < 1.29 is 14.3 Å². The zero-order valence-electron chi connectivity index (χ0n) is 14.6. The Morgan fingerprint density at radius 3 is 2.68 bits per heavy atom. The summed E-state index contributed by atoms with van der Waals surface area (Å²) in [5.41, 5.74) is 1.61. The quantitative estimate of drug-likeness (QED) is 0.716. The number of halogens is 1. The first kappa shape index (κ1) is 19.3. The highest BCUT2D eigenvalue weighted by molar-refractivity contribution is 6.34. The Bertz CT molecular complexity index is 604. The van der Waals surface area contributed by atoms with Gasteiger partial charge in [0.1, 0.15) is 0 Å². The zero-order chi connectivity index (χ0) is 18.2. The Morgan fingerprint density at radius 2 is 2.00 bits per heavy atom. The predicted molar refractivity (Wildman–Crippen MR) is 99.4 cm³/mol. The molecule has 1 aliphatic heterocycles. The molecule has 0 radical (unpaired) electrons. The number of para-hydroxylation sites is 1. The maximum atomic E-state index is 11.9. The van der Waals surface area contributed by atoms with Gasteiger partial charge in [-0.3, -0.25) is 10.1 Å². The highest BCUT2D eigenvalue weighted by Crippen LogP contribution is 2.34. The van der Waals surface area contributed by atoms with Crippen LogP contribution >= 0.6 is 11.6 Å². The fraction of sp³-hybridized carbons (Fsp3) is 0.529. The van der Waals surface area contributed by atoms with E-state index in [-0.39, 0.29) is 6.54 Å². The van der Waals surface area contributed by atoms with Crippen molar-refractivity contribution in [2.75, 3.05) is 49.6 Å². The number of imide groups is 1. The summed E-state index contributed by atoms with van der Waals surface area (Å²) in [6.07, 6.45) is 0. The molecule has 3 N–H and O–H groups in total. The Balaban J connectivity index is 1.93. The van der Waals surface area contributed by atoms with Gasteiger partial charge in [0.2, 0.25) is 5.91 Å². The molecule has 0 bridgehead atoms. The van der Waals surface area contributed by atoms with Crippen LogP contribution in [-0.4, -0.2) is 51.3 Å². The molecule has 8 heteroatoms. The number of benzene rings is 1. The van der Waals surface area contributed by atoms with Crippen LogP contribution in [0.3, 0.4) is 0 Å². The molecular formula is C17H25ClN4O3. The number of urea groups is 1. The van der Waals surface area contributed by atoms with E-state index in [0.29, 0.717) is 30.7 Å². The Labute approximate surface area is 153 Å². The van der Waals surface area contributed by atoms with Crippen molar-refractivity contribution in [1.29, 1.82) is 0 Å². The summed E-state index contributed by atoms with van der Waals surface area (Å²) in [6.45, 7) is 7.22. The van der Waals surface area contributed by atoms with Gasteiger partial charge in [0.25, 0.3) is 0 Å². The van der Waals surface area contributed by atoms with Gasteiger partial charge in [-0.2, -0.15) is 0 Å². The van der Waals surface area contributed by atoms with Crippen LogP contribution in [0.15, 0.2) is 18.2 Å². The predicted octanol–water partition coefficient (Wildman–Crippen LogP) is 2.07. The van der Waals surface area contributed by atoms with Gasteiger partial charge in [0.05, 0.1) is 36.2 Å². The summed E-state index contributed by atoms with van der Waals surface area (Å²) in [5, 5.41) is 8.62. The smallest absolute Gasteiger partial charge is 0.321 e. The molecule has 3 amide bonds. The van der Waals surface area contributed by atoms with E-state index in [0.717, 1.165) is 24.5 Å². The largest absolute Gasteiger partial charge is 0.378 e. The van der Waals surface area contributed by atoms with Crippen molar-refractivity contribution in [1.82, 2.24) is 10.6 Å². The highest BCUT2D eigenvalue weighted by atomic mass is 35.5. The topological polar surface area (TPSA) is 82.7 Å². The lowest BCUT2D eigenvalue weighted by Gasteiger charge is -2.31. The van der Waals surface area contributed by atoms with Gasteiger partial charge >= 0.3 is 6.03 Å². The number of carbonyl (C=O) groups is 2. The molecule has 0 unspecified atom stereocenters. The van der Waals surface area contributed by atoms with E-state index in [1.807, 2.05) is 32.0 Å². The second-order valence-corrected chi connectivity index (χ2v) is 6.65. The van der Waals surface area contributed by atoms with E-state index in [1.54, 1.807) is 0 Å². The number of morpholine rings is 1. The first-order valence-electron chi connectivity index (χ1n) is 8.40. The molecule has 1 aliphatic rings. The third kappa shape index (κ3) is 6.10. The maximum Gasteiger partial charge on any atom is 0.321 e. The molecule has 0 aromatic heterocycles. The lowest BCUT2D eigenvalue weighted by Crippen LogP contribution is -2.43. The van der Waals surface area contributed by atoms with Gasteiger partial charge in [-0.1, -0.05) is 31.5 Å². The van der Waals surface area contributed by atoms with Gasteiger partial charge < -0.3 is 20.3 Å². The van der Waals surface area contributed by atoms with Crippen molar-refractivity contribution in [2.45, 2.75) is 13.8 Å². The van der Waals surface area contributed by atoms with Gasteiger partial charge in [-0.05, 0) is 18.1 Å². The summed E-state index contributed by atoms with van der Waals surface area (Å²) in [6, 6.07) is 5.02. The first-order chi connectivity index (χ1) is 12.0. The van der Waals surface area contributed by atoms with E-state index < -0.39 is 11.9 Å². The number of rotatable bonds is 6. The Hall–Kier alpha value is -1.99. The molecular weight excluding hydrogens is 344 g/mol. The van der Waals surface area contributed by atoms with Crippen molar-refractivity contribution in [2.24, 2.45) is 5.92 Å². The lowest BCUT2D eigenvalue weighted by atomic mass is 10.2. The van der Waals surface area contributed by atoms with Crippen LogP contribution in [0.25, 0.3) is 0 Å². The summed E-state index contributed by atoms with van der Waals surface area (Å²) in [5.74, 6) is -0.0873. The molecule has 138 valence electrons. The number of ether oxygens (including phenoxy) is 1. The summed E-state index contributed by atoms with van der Waals surface area (Å²) >= 11 is 6.35. The molecule has 2 rings (SSSR count). The average molecular weight is 369 g/mol. The maximum absolute atomic E-state index is 11.9. The minimum atomic E-state index is -0.486. The lowest BCUT2D eigenvalue weighted by molar-refractivity contribution is -0.118. The molecule has 0 atom stereocenters. The molecule has 1 aromatic carbocycles. The second-order valence-electron chi connectivity index (χ2n) is 6.24. The van der Waals surface area contributed by atoms with Crippen LogP contribution in [-0.2, 0) is 9.53 Å². The SMILES string of the molecule is CC(C)CNC(=O)NC(=O)CNc1cccc(Cl)c1N1CCOCC1. The number of hydrogen-bond donors (Lipinski definition) is 3. The van der Waals surface area contributed by atoms with Crippen LogP contribution < -0.4 is 20.9 Å². The molecule has 0 spiro atoms. The normalized spacial score (nSPS) is 14.3. The van der Waals surface area contributed by atoms with E-state index in [9.17, 15) is 9.59 Å². The van der Waals surface area contributed by atoms with Gasteiger partial charge in [-0.25, -0.2) is 4.79 Å². The van der Waals surface area contributed by atoms with Crippen molar-refractivity contribution >= 4 is 34.9 Å². The van der Waals surface area contributed by atoms with Crippen LogP contribution in [0.4, 0.5) is 16.2 Å². The Kier molecular flexibility index (Phi) is 7.33. The fourth-order valence-electron chi connectivity index (χ4n) is 2.45. The standard InChI is InChI=1S/C17H25ClN4O3/c1-12(2)10-20-17(24)21-15(23)11-19-14-5-3-4-13(18)16(14)22-6-8-25-9-7-22/h3-5,12,19H,6-11H2,1-2H3,(H2,20,21,23,24). The summed E-state index contributed by atoms with van der Waals surface area (Å²) < 4.78 is 5.37. The molecule has 1 fully saturated rings. The van der Waals surface area contributed by atoms with E-state index in [4.69, 9.17) is 16.3 Å². The number of nitrogens with zero attached hydrogens (tertiary/aromatic N) is 1. The molecule has 7 nitrogen and oxygen atoms in total. The third-order valence-corrected chi connectivity index (χ3v) is 3.98. The minimum absolute atomic E-state index is 0.0211. The average Bonchev–Trinajstić information content (AvgIpc) is 2.59. The molecule has 0 aliphatic carbocycles. The van der Waals surface area contributed by atoms with Gasteiger partial charge in [-0.15, -0.1) is 0 Å². The van der Waals surface area contributed by atoms with E-state index in [1.165, 1.54) is 0 Å². The number of carbonyl (C=O) groups excluding carboxylic acids is 2. The van der Waals surface area contributed by atoms with Crippen LogP contribution in [0.2, 0.25) is 5.02 Å². The molecule has 1 heterocycles. The van der Waals surface area contributed by atoms with Crippen LogP contribution in [0.5, 0.6) is 0 Å². The van der Waals surface area contributed by atoms with Gasteiger partial charge in [0, 0.05) is 19.6 Å². The third-order valence-electron chi connectivity index (χ3n) is 3.68. The van der Waals surface area contributed by atoms with Crippen molar-refractivity contribution in [3.8, 4) is 0 Å². The number of anilines is 2. The molecule has 0 saturated carbocycles. The minimum Gasteiger partial charge on any atom is -0.378 e. The van der Waals surface area contributed by atoms with Gasteiger partial charge in [0.15, 0.2) is 0 Å². The molecule has 1 saturated heterocycles. The van der Waals surface area contributed by atoms with Crippen molar-refractivity contribution in [3.63, 3.8) is 0 Å². The summed E-state index contributed by atoms with van der Waals surface area (Å²) in [4.78, 5) is 25.7. The number of amides is 3. The number of nitrogens with one attached hydrogen (secondary N) is 3. The van der Waals surface area contributed by atoms with Crippen molar-refractivity contribution in [3.05, 3.63) is 23.2 Å². The first-order valence-corrected chi connectivity index (χ1v) is 8.78. The van der Waals surface area contributed by atoms with E-state index in [2.05, 4.69) is 20.9 Å². The summed E-state index contributed by atoms with van der Waals surface area (Å²) in [7, 11) is 0. The highest BCUT2D eigenvalue weighted by Gasteiger charge is 2.18. The molecule has 1 aromatic rings. The van der Waals surface area contributed by atoms with Crippen LogP contribution in [0.1, 0.15) is 13.8 Å². The monoisotopic (exact) mass is 368 g/mol. The zero-order valence-corrected chi connectivity index (χ0v) is 15.4. The second kappa shape index (κ2) is 9.48. The number of hydrogen-bond acceptors (Lipinski definition) is 5. The Morgan fingerprint density at radius 1 is 1.28 bits per heavy atom. The van der Waals surface area contributed by atoms with Crippen LogP contribution in [0, 0.1) is 5.92 Å². The fourth-order valence-corrected chi connectivity index (χ4v) is 2.75.